The molecule has 1 N–H and O–H groups in total. The first kappa shape index (κ1) is 12.4. The fraction of sp³-hybridized carbons (Fsp3) is 0.385. The molecule has 0 spiro atoms. The Morgan fingerprint density at radius 1 is 1.44 bits per heavy atom. The van der Waals surface area contributed by atoms with Crippen LogP contribution in [0.4, 0.5) is 10.5 Å². The third kappa shape index (κ3) is 2.30. The zero-order chi connectivity index (χ0) is 13.3. The van der Waals surface area contributed by atoms with Gasteiger partial charge in [-0.2, -0.15) is 0 Å². The van der Waals surface area contributed by atoms with Gasteiger partial charge in [-0.1, -0.05) is 6.07 Å². The fourth-order valence-corrected chi connectivity index (χ4v) is 2.00. The number of aliphatic carboxylic acids is 1. The molecule has 0 bridgehead atoms. The molecule has 0 radical (unpaired) electrons. The summed E-state index contributed by atoms with van der Waals surface area (Å²) < 4.78 is 4.93. The zero-order valence-electron chi connectivity index (χ0n) is 10.3. The van der Waals surface area contributed by atoms with Gasteiger partial charge in [0.2, 0.25) is 0 Å². The van der Waals surface area contributed by atoms with E-state index in [0.717, 1.165) is 11.1 Å². The van der Waals surface area contributed by atoms with Gasteiger partial charge >= 0.3 is 12.1 Å². The maximum absolute atomic E-state index is 11.7. The van der Waals surface area contributed by atoms with E-state index in [9.17, 15) is 9.59 Å². The first-order valence-electron chi connectivity index (χ1n) is 5.74. The number of anilines is 1. The number of hydrogen-bond donors (Lipinski definition) is 1. The van der Waals surface area contributed by atoms with Gasteiger partial charge in [-0.15, -0.1) is 0 Å². The Morgan fingerprint density at radius 3 is 2.78 bits per heavy atom. The van der Waals surface area contributed by atoms with Crippen LogP contribution >= 0.6 is 0 Å². The van der Waals surface area contributed by atoms with Crippen molar-refractivity contribution >= 4 is 17.7 Å². The van der Waals surface area contributed by atoms with Crippen LogP contribution in [-0.2, 0) is 9.53 Å². The van der Waals surface area contributed by atoms with E-state index in [-0.39, 0.29) is 13.0 Å². The molecule has 0 aliphatic carbocycles. The summed E-state index contributed by atoms with van der Waals surface area (Å²) in [5.41, 5.74) is 2.87. The van der Waals surface area contributed by atoms with Crippen LogP contribution in [0.25, 0.3) is 0 Å². The summed E-state index contributed by atoms with van der Waals surface area (Å²) in [5, 5.41) is 8.83. The number of hydrogen-bond acceptors (Lipinski definition) is 3. The number of carboxylic acids is 1. The highest BCUT2D eigenvalue weighted by atomic mass is 16.6. The second-order valence-electron chi connectivity index (χ2n) is 4.47. The summed E-state index contributed by atoms with van der Waals surface area (Å²) in [6.07, 6.45) is -0.594. The lowest BCUT2D eigenvalue weighted by atomic mass is 10.1. The molecule has 1 aromatic rings. The van der Waals surface area contributed by atoms with Crippen LogP contribution in [0.5, 0.6) is 0 Å². The molecule has 0 saturated carbocycles. The monoisotopic (exact) mass is 249 g/mol. The predicted molar refractivity (Wildman–Crippen MR) is 65.8 cm³/mol. The SMILES string of the molecule is Cc1ccc(N2C(=O)OCC2CC(=O)O)cc1C. The van der Waals surface area contributed by atoms with E-state index >= 15 is 0 Å². The highest BCUT2D eigenvalue weighted by molar-refractivity contribution is 5.91. The second-order valence-corrected chi connectivity index (χ2v) is 4.47. The van der Waals surface area contributed by atoms with Crippen LogP contribution in [0.1, 0.15) is 17.5 Å². The number of carbonyl (C=O) groups excluding carboxylic acids is 1. The van der Waals surface area contributed by atoms with Gasteiger partial charge in [0.1, 0.15) is 6.61 Å². The smallest absolute Gasteiger partial charge is 0.414 e. The standard InChI is InChI=1S/C13H15NO4/c1-8-3-4-10(5-9(8)2)14-11(6-12(15)16)7-18-13(14)17/h3-5,11H,6-7H2,1-2H3,(H,15,16). The quantitative estimate of drug-likeness (QED) is 0.890. The van der Waals surface area contributed by atoms with Crippen molar-refractivity contribution in [1.29, 1.82) is 0 Å². The molecule has 1 amide bonds. The van der Waals surface area contributed by atoms with Crippen molar-refractivity contribution < 1.29 is 19.4 Å². The molecule has 1 saturated heterocycles. The van der Waals surface area contributed by atoms with E-state index < -0.39 is 18.1 Å². The Labute approximate surface area is 105 Å². The number of aryl methyl sites for hydroxylation is 2. The Kier molecular flexibility index (Phi) is 3.23. The third-order valence-corrected chi connectivity index (χ3v) is 3.14. The molecule has 0 aromatic heterocycles. The molecule has 18 heavy (non-hydrogen) atoms. The number of amides is 1. The van der Waals surface area contributed by atoms with Gasteiger partial charge in [0, 0.05) is 5.69 Å². The molecular weight excluding hydrogens is 234 g/mol. The molecule has 96 valence electrons. The molecule has 5 heteroatoms. The van der Waals surface area contributed by atoms with Gasteiger partial charge in [0.15, 0.2) is 0 Å². The van der Waals surface area contributed by atoms with Gasteiger partial charge in [-0.05, 0) is 37.1 Å². The van der Waals surface area contributed by atoms with Gasteiger partial charge in [-0.3, -0.25) is 9.69 Å². The van der Waals surface area contributed by atoms with Crippen molar-refractivity contribution in [2.24, 2.45) is 0 Å². The van der Waals surface area contributed by atoms with Crippen LogP contribution in [0.15, 0.2) is 18.2 Å². The molecular formula is C13H15NO4. The number of benzene rings is 1. The summed E-state index contributed by atoms with van der Waals surface area (Å²) in [5.74, 6) is -0.938. The van der Waals surface area contributed by atoms with Crippen molar-refractivity contribution in [1.82, 2.24) is 0 Å². The lowest BCUT2D eigenvalue weighted by Crippen LogP contribution is -2.35. The first-order chi connectivity index (χ1) is 8.49. The van der Waals surface area contributed by atoms with E-state index in [1.807, 2.05) is 32.0 Å². The highest BCUT2D eigenvalue weighted by Gasteiger charge is 2.35. The summed E-state index contributed by atoms with van der Waals surface area (Å²) in [4.78, 5) is 23.9. The summed E-state index contributed by atoms with van der Waals surface area (Å²) >= 11 is 0. The minimum absolute atomic E-state index is 0.112. The van der Waals surface area contributed by atoms with Gasteiger partial charge in [-0.25, -0.2) is 4.79 Å². The topological polar surface area (TPSA) is 66.8 Å². The molecule has 1 unspecified atom stereocenters. The van der Waals surface area contributed by atoms with Crippen LogP contribution < -0.4 is 4.90 Å². The molecule has 1 atom stereocenters. The Hall–Kier alpha value is -2.04. The number of nitrogens with zero attached hydrogens (tertiary/aromatic N) is 1. The summed E-state index contributed by atoms with van der Waals surface area (Å²) in [6.45, 7) is 4.06. The first-order valence-corrected chi connectivity index (χ1v) is 5.74. The predicted octanol–water partition coefficient (Wildman–Crippen LogP) is 2.10. The number of cyclic esters (lactones) is 1. The fourth-order valence-electron chi connectivity index (χ4n) is 2.00. The molecule has 5 nitrogen and oxygen atoms in total. The molecule has 1 aromatic carbocycles. The number of carboxylic acid groups (broad SMARTS) is 1. The van der Waals surface area contributed by atoms with Crippen molar-refractivity contribution in [2.75, 3.05) is 11.5 Å². The van der Waals surface area contributed by atoms with Crippen LogP contribution in [0.3, 0.4) is 0 Å². The van der Waals surface area contributed by atoms with Crippen LogP contribution in [0.2, 0.25) is 0 Å². The van der Waals surface area contributed by atoms with Gasteiger partial charge in [0.25, 0.3) is 0 Å². The minimum Gasteiger partial charge on any atom is -0.481 e. The maximum atomic E-state index is 11.7. The van der Waals surface area contributed by atoms with Gasteiger partial charge < -0.3 is 9.84 Å². The van der Waals surface area contributed by atoms with E-state index in [1.54, 1.807) is 0 Å². The average Bonchev–Trinajstić information content (AvgIpc) is 2.63. The van der Waals surface area contributed by atoms with Crippen molar-refractivity contribution in [3.05, 3.63) is 29.3 Å². The Balaban J connectivity index is 2.30. The molecule has 2 rings (SSSR count). The lowest BCUT2D eigenvalue weighted by Gasteiger charge is -2.20. The van der Waals surface area contributed by atoms with Crippen molar-refractivity contribution in [3.8, 4) is 0 Å². The lowest BCUT2D eigenvalue weighted by molar-refractivity contribution is -0.137. The van der Waals surface area contributed by atoms with Crippen molar-refractivity contribution in [3.63, 3.8) is 0 Å². The van der Waals surface area contributed by atoms with Gasteiger partial charge in [0.05, 0.1) is 12.5 Å². The van der Waals surface area contributed by atoms with Crippen LogP contribution in [-0.4, -0.2) is 29.8 Å². The average molecular weight is 249 g/mol. The molecule has 1 aliphatic rings. The molecule has 1 heterocycles. The largest absolute Gasteiger partial charge is 0.481 e. The number of ether oxygens (including phenoxy) is 1. The number of carbonyl (C=O) groups is 2. The summed E-state index contributed by atoms with van der Waals surface area (Å²) in [6, 6.07) is 5.16. The maximum Gasteiger partial charge on any atom is 0.414 e. The second kappa shape index (κ2) is 4.68. The van der Waals surface area contributed by atoms with Crippen molar-refractivity contribution in [2.45, 2.75) is 26.3 Å². The third-order valence-electron chi connectivity index (χ3n) is 3.14. The molecule has 1 fully saturated rings. The summed E-state index contributed by atoms with van der Waals surface area (Å²) in [7, 11) is 0. The number of rotatable bonds is 3. The minimum atomic E-state index is -0.938. The van der Waals surface area contributed by atoms with Crippen LogP contribution in [0, 0.1) is 13.8 Å². The molecule has 1 aliphatic heterocycles. The zero-order valence-corrected chi connectivity index (χ0v) is 10.3. The Morgan fingerprint density at radius 2 is 2.17 bits per heavy atom. The van der Waals surface area contributed by atoms with E-state index in [4.69, 9.17) is 9.84 Å². The Bertz CT molecular complexity index is 498. The van der Waals surface area contributed by atoms with E-state index in [1.165, 1.54) is 4.90 Å². The highest BCUT2D eigenvalue weighted by Crippen LogP contribution is 2.26. The van der Waals surface area contributed by atoms with E-state index in [2.05, 4.69) is 0 Å². The normalized spacial score (nSPS) is 18.9. The van der Waals surface area contributed by atoms with E-state index in [0.29, 0.717) is 5.69 Å².